The van der Waals surface area contributed by atoms with E-state index in [1.807, 2.05) is 0 Å². The van der Waals surface area contributed by atoms with E-state index in [-0.39, 0.29) is 0 Å². The van der Waals surface area contributed by atoms with Gasteiger partial charge in [-0.15, -0.1) is 0 Å². The van der Waals surface area contributed by atoms with Crippen LogP contribution in [0.25, 0.3) is 0 Å². The minimum absolute atomic E-state index is 0.399. The molecule has 86 valence electrons. The predicted molar refractivity (Wildman–Crippen MR) is 71.9 cm³/mol. The Kier molecular flexibility index (Phi) is 10.6. The summed E-state index contributed by atoms with van der Waals surface area (Å²) in [5.74, 6) is 0. The summed E-state index contributed by atoms with van der Waals surface area (Å²) in [4.78, 5) is 0. The molecule has 0 aliphatic carbocycles. The molecule has 0 fully saturated rings. The quantitative estimate of drug-likeness (QED) is 0.361. The van der Waals surface area contributed by atoms with Gasteiger partial charge in [-0.25, -0.2) is 0 Å². The van der Waals surface area contributed by atoms with E-state index in [0.717, 1.165) is 39.0 Å². The highest BCUT2D eigenvalue weighted by atomic mass is 32.1. The van der Waals surface area contributed by atoms with E-state index >= 15 is 0 Å². The second-order valence-electron chi connectivity index (χ2n) is 3.42. The Morgan fingerprint density at radius 2 is 1.21 bits per heavy atom. The van der Waals surface area contributed by atoms with Crippen LogP contribution < -0.4 is 10.6 Å². The number of rotatable bonds is 9. The lowest BCUT2D eigenvalue weighted by Crippen LogP contribution is -2.26. The minimum Gasteiger partial charge on any atom is -0.317 e. The Bertz CT molecular complexity index is 109. The summed E-state index contributed by atoms with van der Waals surface area (Å²) in [6.45, 7) is 8.41. The summed E-state index contributed by atoms with van der Waals surface area (Å²) in [6, 6.07) is 0. The highest BCUT2D eigenvalue weighted by molar-refractivity contribution is 7.85. The van der Waals surface area contributed by atoms with E-state index < -0.39 is 0 Å². The van der Waals surface area contributed by atoms with Gasteiger partial charge in [0.05, 0.1) is 0 Å². The van der Waals surface area contributed by atoms with Gasteiger partial charge in [0.1, 0.15) is 0 Å². The third-order valence-electron chi connectivity index (χ3n) is 2.18. The summed E-state index contributed by atoms with van der Waals surface area (Å²) in [5, 5.41) is 7.40. The zero-order valence-corrected chi connectivity index (χ0v) is 11.1. The molecule has 0 radical (unpaired) electrons. The van der Waals surface area contributed by atoms with Crippen molar-refractivity contribution in [1.29, 1.82) is 0 Å². The van der Waals surface area contributed by atoms with Gasteiger partial charge in [-0.2, -0.15) is 25.3 Å². The van der Waals surface area contributed by atoms with E-state index in [1.54, 1.807) is 0 Å². The van der Waals surface area contributed by atoms with Crippen LogP contribution in [-0.2, 0) is 0 Å². The summed E-state index contributed by atoms with van der Waals surface area (Å²) >= 11 is 9.11. The smallest absolute Gasteiger partial charge is 0.0146 e. The molecule has 0 heterocycles. The van der Waals surface area contributed by atoms with Crippen LogP contribution in [0.1, 0.15) is 26.7 Å². The largest absolute Gasteiger partial charge is 0.317 e. The first-order valence-corrected chi connectivity index (χ1v) is 6.53. The lowest BCUT2D eigenvalue weighted by atomic mass is 10.1. The fourth-order valence-corrected chi connectivity index (χ4v) is 1.79. The van der Waals surface area contributed by atoms with Crippen LogP contribution in [0.4, 0.5) is 0 Å². The molecule has 0 aromatic heterocycles. The summed E-state index contributed by atoms with van der Waals surface area (Å²) < 4.78 is 0. The first-order valence-electron chi connectivity index (χ1n) is 5.49. The molecule has 0 spiro atoms. The van der Waals surface area contributed by atoms with Gasteiger partial charge in [0.15, 0.2) is 0 Å². The number of hydrogen-bond acceptors (Lipinski definition) is 4. The maximum Gasteiger partial charge on any atom is 0.0146 e. The average molecular weight is 236 g/mol. The zero-order valence-electron chi connectivity index (χ0n) is 9.29. The van der Waals surface area contributed by atoms with Crippen molar-refractivity contribution in [1.82, 2.24) is 10.6 Å². The first kappa shape index (κ1) is 14.6. The van der Waals surface area contributed by atoms with Gasteiger partial charge in [-0.1, -0.05) is 13.8 Å². The van der Waals surface area contributed by atoms with Crippen molar-refractivity contribution in [3.8, 4) is 0 Å². The predicted octanol–water partition coefficient (Wildman–Crippen LogP) is 1.58. The molecule has 0 aliphatic heterocycles. The van der Waals surface area contributed by atoms with Crippen LogP contribution in [0.15, 0.2) is 0 Å². The van der Waals surface area contributed by atoms with E-state index in [1.165, 1.54) is 0 Å². The average Bonchev–Trinajstić information content (AvgIpc) is 2.18. The van der Waals surface area contributed by atoms with Gasteiger partial charge in [0.2, 0.25) is 0 Å². The lowest BCUT2D eigenvalue weighted by Gasteiger charge is -2.18. The third kappa shape index (κ3) is 7.97. The molecule has 0 bridgehead atoms. The van der Waals surface area contributed by atoms with Crippen LogP contribution in [0.5, 0.6) is 0 Å². The molecule has 0 aromatic rings. The van der Waals surface area contributed by atoms with Gasteiger partial charge >= 0.3 is 0 Å². The van der Waals surface area contributed by atoms with Crippen molar-refractivity contribution in [2.45, 2.75) is 37.2 Å². The highest BCUT2D eigenvalue weighted by Gasteiger charge is 2.12. The first-order chi connectivity index (χ1) is 6.72. The fraction of sp³-hybridized carbons (Fsp3) is 1.00. The molecular weight excluding hydrogens is 212 g/mol. The molecule has 2 N–H and O–H groups in total. The Morgan fingerprint density at radius 3 is 1.50 bits per heavy atom. The summed E-state index contributed by atoms with van der Waals surface area (Å²) in [7, 11) is 0. The summed E-state index contributed by atoms with van der Waals surface area (Å²) in [6.07, 6.45) is 2.19. The van der Waals surface area contributed by atoms with Crippen LogP contribution in [0, 0.1) is 0 Å². The van der Waals surface area contributed by atoms with Gasteiger partial charge < -0.3 is 10.6 Å². The lowest BCUT2D eigenvalue weighted by molar-refractivity contribution is 0.599. The normalized spacial score (nSPS) is 15.4. The molecule has 4 heteroatoms. The van der Waals surface area contributed by atoms with Gasteiger partial charge in [0, 0.05) is 10.5 Å². The van der Waals surface area contributed by atoms with E-state index in [4.69, 9.17) is 0 Å². The Hall–Kier alpha value is 0.620. The Balaban J connectivity index is 3.39. The molecule has 2 nitrogen and oxygen atoms in total. The van der Waals surface area contributed by atoms with Crippen molar-refractivity contribution in [2.75, 3.05) is 26.2 Å². The zero-order chi connectivity index (χ0) is 10.8. The monoisotopic (exact) mass is 236 g/mol. The maximum atomic E-state index is 4.56. The molecule has 0 rings (SSSR count). The fourth-order valence-electron chi connectivity index (χ4n) is 1.24. The minimum atomic E-state index is 0.399. The number of thiol groups is 2. The molecule has 14 heavy (non-hydrogen) atoms. The van der Waals surface area contributed by atoms with E-state index in [2.05, 4.69) is 49.7 Å². The SMILES string of the molecule is CCNCCC(S)C(S)CCNCC. The van der Waals surface area contributed by atoms with Crippen LogP contribution in [-0.4, -0.2) is 36.7 Å². The molecule has 0 aliphatic rings. The highest BCUT2D eigenvalue weighted by Crippen LogP contribution is 2.15. The number of hydrogen-bond donors (Lipinski definition) is 4. The summed E-state index contributed by atoms with van der Waals surface area (Å²) in [5.41, 5.74) is 0. The van der Waals surface area contributed by atoms with Crippen LogP contribution in [0.3, 0.4) is 0 Å². The van der Waals surface area contributed by atoms with E-state index in [9.17, 15) is 0 Å². The molecule has 0 amide bonds. The number of nitrogens with one attached hydrogen (secondary N) is 2. The van der Waals surface area contributed by atoms with Crippen molar-refractivity contribution in [2.24, 2.45) is 0 Å². The molecule has 2 atom stereocenters. The van der Waals surface area contributed by atoms with E-state index in [0.29, 0.717) is 10.5 Å². The molecule has 0 saturated carbocycles. The van der Waals surface area contributed by atoms with Gasteiger partial charge in [-0.3, -0.25) is 0 Å². The second kappa shape index (κ2) is 10.1. The molecular formula is C10H24N2S2. The third-order valence-corrected chi connectivity index (χ3v) is 3.65. The van der Waals surface area contributed by atoms with Gasteiger partial charge in [0.25, 0.3) is 0 Å². The maximum absolute atomic E-state index is 4.56. The molecule has 2 unspecified atom stereocenters. The van der Waals surface area contributed by atoms with Crippen LogP contribution in [0.2, 0.25) is 0 Å². The Morgan fingerprint density at radius 1 is 0.857 bits per heavy atom. The standard InChI is InChI=1S/C10H24N2S2/c1-3-11-7-5-9(13)10(14)6-8-12-4-2/h9-14H,3-8H2,1-2H3. The Labute approximate surface area is 99.4 Å². The van der Waals surface area contributed by atoms with Crippen molar-refractivity contribution in [3.05, 3.63) is 0 Å². The van der Waals surface area contributed by atoms with Crippen LogP contribution >= 0.6 is 25.3 Å². The molecule has 0 saturated heterocycles. The van der Waals surface area contributed by atoms with Crippen molar-refractivity contribution < 1.29 is 0 Å². The molecule has 0 aromatic carbocycles. The topological polar surface area (TPSA) is 24.1 Å². The second-order valence-corrected chi connectivity index (χ2v) is 4.75. The van der Waals surface area contributed by atoms with Crippen molar-refractivity contribution in [3.63, 3.8) is 0 Å². The van der Waals surface area contributed by atoms with Gasteiger partial charge in [-0.05, 0) is 39.0 Å². The van der Waals surface area contributed by atoms with Crippen molar-refractivity contribution >= 4 is 25.3 Å².